The van der Waals surface area contributed by atoms with Crippen LogP contribution < -0.4 is 5.32 Å². The molecule has 1 fully saturated rings. The number of nitrogens with zero attached hydrogens (tertiary/aromatic N) is 3. The largest absolute Gasteiger partial charge is 0.349 e. The van der Waals surface area contributed by atoms with E-state index >= 15 is 0 Å². The monoisotopic (exact) mass is 364 g/mol. The molecule has 0 saturated heterocycles. The van der Waals surface area contributed by atoms with E-state index in [0.29, 0.717) is 0 Å². The van der Waals surface area contributed by atoms with Gasteiger partial charge < -0.3 is 9.88 Å². The lowest BCUT2D eigenvalue weighted by atomic mass is 10.1. The van der Waals surface area contributed by atoms with Crippen LogP contribution in [0.3, 0.4) is 0 Å². The van der Waals surface area contributed by atoms with Crippen LogP contribution in [0.1, 0.15) is 35.4 Å². The third kappa shape index (κ3) is 3.75. The maximum Gasteiger partial charge on any atom is 0.269 e. The Labute approximate surface area is 157 Å². The van der Waals surface area contributed by atoms with Crippen molar-refractivity contribution >= 4 is 17.7 Å². The minimum atomic E-state index is -0.419. The minimum absolute atomic E-state index is 0.0438. The highest BCUT2D eigenvalue weighted by Gasteiger charge is 2.25. The van der Waals surface area contributed by atoms with Crippen molar-refractivity contribution in [3.05, 3.63) is 62.5 Å². The number of rotatable bonds is 5. The molecule has 1 heterocycles. The molecule has 3 rings (SSSR count). The Balaban J connectivity index is 2.00. The Hall–Kier alpha value is -3.40. The smallest absolute Gasteiger partial charge is 0.269 e. The summed E-state index contributed by atoms with van der Waals surface area (Å²) in [5, 5.41) is 23.1. The highest BCUT2D eigenvalue weighted by molar-refractivity contribution is 6.02. The Bertz CT molecular complexity index is 1010. The highest BCUT2D eigenvalue weighted by atomic mass is 16.6. The topological polar surface area (TPSA) is 101 Å². The molecule has 1 N–H and O–H groups in total. The number of carbonyl (C=O) groups excluding carboxylic acids is 1. The van der Waals surface area contributed by atoms with Gasteiger partial charge in [-0.3, -0.25) is 14.9 Å². The van der Waals surface area contributed by atoms with Gasteiger partial charge in [0.15, 0.2) is 0 Å². The van der Waals surface area contributed by atoms with Gasteiger partial charge >= 0.3 is 0 Å². The molecule has 2 aromatic rings. The average Bonchev–Trinajstić information content (AvgIpc) is 3.38. The van der Waals surface area contributed by atoms with Crippen molar-refractivity contribution in [2.75, 3.05) is 0 Å². The van der Waals surface area contributed by atoms with E-state index in [-0.39, 0.29) is 23.2 Å². The van der Waals surface area contributed by atoms with Crippen LogP contribution in [0.15, 0.2) is 29.8 Å². The molecular formula is C20H20N4O3. The summed E-state index contributed by atoms with van der Waals surface area (Å²) in [6.45, 7) is 5.63. The van der Waals surface area contributed by atoms with E-state index in [4.69, 9.17) is 0 Å². The zero-order valence-corrected chi connectivity index (χ0v) is 15.4. The molecule has 0 aliphatic heterocycles. The molecule has 0 spiro atoms. The zero-order chi connectivity index (χ0) is 19.7. The van der Waals surface area contributed by atoms with E-state index < -0.39 is 4.92 Å². The fraction of sp³-hybridized carbons (Fsp3) is 0.300. The minimum Gasteiger partial charge on any atom is -0.349 e. The summed E-state index contributed by atoms with van der Waals surface area (Å²) in [5.41, 5.74) is 4.26. The van der Waals surface area contributed by atoms with Crippen molar-refractivity contribution in [2.45, 2.75) is 39.7 Å². The number of aromatic nitrogens is 1. The first kappa shape index (κ1) is 18.4. The van der Waals surface area contributed by atoms with Crippen LogP contribution in [0.5, 0.6) is 0 Å². The number of nitro benzene ring substituents is 1. The number of hydrogen-bond acceptors (Lipinski definition) is 4. The highest BCUT2D eigenvalue weighted by Crippen LogP contribution is 2.27. The quantitative estimate of drug-likeness (QED) is 0.380. The molecule has 0 bridgehead atoms. The fourth-order valence-corrected chi connectivity index (χ4v) is 3.10. The van der Waals surface area contributed by atoms with Gasteiger partial charge in [0.2, 0.25) is 0 Å². The average molecular weight is 364 g/mol. The van der Waals surface area contributed by atoms with E-state index in [9.17, 15) is 20.2 Å². The van der Waals surface area contributed by atoms with Crippen molar-refractivity contribution < 1.29 is 9.72 Å². The van der Waals surface area contributed by atoms with Gasteiger partial charge in [-0.2, -0.15) is 5.26 Å². The second-order valence-electron chi connectivity index (χ2n) is 6.81. The molecule has 1 aliphatic rings. The van der Waals surface area contributed by atoms with Crippen molar-refractivity contribution in [3.63, 3.8) is 0 Å². The first-order valence-corrected chi connectivity index (χ1v) is 8.69. The molecule has 0 radical (unpaired) electrons. The maximum absolute atomic E-state index is 12.2. The van der Waals surface area contributed by atoms with Crippen LogP contribution in [-0.2, 0) is 4.79 Å². The predicted octanol–water partition coefficient (Wildman–Crippen LogP) is 3.50. The van der Waals surface area contributed by atoms with Gasteiger partial charge in [0.05, 0.1) is 4.92 Å². The molecule has 7 heteroatoms. The van der Waals surface area contributed by atoms with Crippen LogP contribution in [0.25, 0.3) is 11.8 Å². The Morgan fingerprint density at radius 1 is 1.33 bits per heavy atom. The SMILES string of the molecule is Cc1cc([N+](=O)[O-])ccc1-n1c(C)cc(/C=C(\C#N)C(=O)NC2CC2)c1C. The standard InChI is InChI=1S/C20H20N4O3/c1-12-8-18(24(26)27)6-7-19(12)23-13(2)9-15(14(23)3)10-16(11-21)20(25)22-17-4-5-17/h6-10,17H,4-5H2,1-3H3,(H,22,25)/b16-10+. The molecule has 27 heavy (non-hydrogen) atoms. The third-order valence-electron chi connectivity index (χ3n) is 4.68. The number of carbonyl (C=O) groups is 1. The van der Waals surface area contributed by atoms with Crippen LogP contribution in [0.4, 0.5) is 5.69 Å². The molecule has 0 atom stereocenters. The number of benzene rings is 1. The van der Waals surface area contributed by atoms with Gasteiger partial charge in [0, 0.05) is 35.2 Å². The first-order valence-electron chi connectivity index (χ1n) is 8.69. The Morgan fingerprint density at radius 3 is 2.59 bits per heavy atom. The fourth-order valence-electron chi connectivity index (χ4n) is 3.10. The second kappa shape index (κ2) is 7.08. The zero-order valence-electron chi connectivity index (χ0n) is 15.4. The van der Waals surface area contributed by atoms with Crippen molar-refractivity contribution in [1.29, 1.82) is 5.26 Å². The van der Waals surface area contributed by atoms with Crippen molar-refractivity contribution in [1.82, 2.24) is 9.88 Å². The number of nitro groups is 1. The van der Waals surface area contributed by atoms with E-state index in [1.165, 1.54) is 12.1 Å². The number of nitriles is 1. The number of nitrogens with one attached hydrogen (secondary N) is 1. The lowest BCUT2D eigenvalue weighted by Gasteiger charge is -2.12. The van der Waals surface area contributed by atoms with Crippen LogP contribution in [-0.4, -0.2) is 21.4 Å². The summed E-state index contributed by atoms with van der Waals surface area (Å²) < 4.78 is 1.97. The predicted molar refractivity (Wildman–Crippen MR) is 101 cm³/mol. The maximum atomic E-state index is 12.2. The first-order chi connectivity index (χ1) is 12.8. The van der Waals surface area contributed by atoms with Gasteiger partial charge in [-0.25, -0.2) is 0 Å². The van der Waals surface area contributed by atoms with Gasteiger partial charge in [-0.05, 0) is 62.9 Å². The molecule has 1 saturated carbocycles. The Kier molecular flexibility index (Phi) is 4.82. The van der Waals surface area contributed by atoms with Crippen molar-refractivity contribution in [3.8, 4) is 11.8 Å². The van der Waals surface area contributed by atoms with E-state index in [2.05, 4.69) is 5.32 Å². The van der Waals surface area contributed by atoms with Gasteiger partial charge in [0.1, 0.15) is 11.6 Å². The summed E-state index contributed by atoms with van der Waals surface area (Å²) in [4.78, 5) is 22.7. The lowest BCUT2D eigenvalue weighted by molar-refractivity contribution is -0.384. The van der Waals surface area contributed by atoms with Gasteiger partial charge in [-0.1, -0.05) is 0 Å². The molecule has 1 aromatic heterocycles. The number of amides is 1. The second-order valence-corrected chi connectivity index (χ2v) is 6.81. The lowest BCUT2D eigenvalue weighted by Crippen LogP contribution is -2.26. The van der Waals surface area contributed by atoms with Gasteiger partial charge in [-0.15, -0.1) is 0 Å². The molecule has 0 unspecified atom stereocenters. The number of non-ortho nitro benzene ring substituents is 1. The number of hydrogen-bond donors (Lipinski definition) is 1. The number of aryl methyl sites for hydroxylation is 2. The summed E-state index contributed by atoms with van der Waals surface area (Å²) in [6.07, 6.45) is 3.51. The summed E-state index contributed by atoms with van der Waals surface area (Å²) in [7, 11) is 0. The molecule has 138 valence electrons. The van der Waals surface area contributed by atoms with E-state index in [1.54, 1.807) is 12.1 Å². The molecule has 1 aromatic carbocycles. The van der Waals surface area contributed by atoms with Crippen LogP contribution in [0, 0.1) is 42.2 Å². The third-order valence-corrected chi connectivity index (χ3v) is 4.68. The Morgan fingerprint density at radius 2 is 2.04 bits per heavy atom. The summed E-state index contributed by atoms with van der Waals surface area (Å²) in [5.74, 6) is -0.351. The normalized spacial score (nSPS) is 13.9. The summed E-state index contributed by atoms with van der Waals surface area (Å²) in [6, 6.07) is 8.78. The van der Waals surface area contributed by atoms with Crippen LogP contribution >= 0.6 is 0 Å². The van der Waals surface area contributed by atoms with Crippen molar-refractivity contribution in [2.24, 2.45) is 0 Å². The molecule has 1 aliphatic carbocycles. The van der Waals surface area contributed by atoms with E-state index in [0.717, 1.165) is 41.0 Å². The molecule has 7 nitrogen and oxygen atoms in total. The summed E-state index contributed by atoms with van der Waals surface area (Å²) >= 11 is 0. The molecule has 1 amide bonds. The van der Waals surface area contributed by atoms with E-state index in [1.807, 2.05) is 37.5 Å². The van der Waals surface area contributed by atoms with Crippen LogP contribution in [0.2, 0.25) is 0 Å². The molecular weight excluding hydrogens is 344 g/mol. The van der Waals surface area contributed by atoms with Gasteiger partial charge in [0.25, 0.3) is 11.6 Å².